The molecule has 1 amide bonds. The summed E-state index contributed by atoms with van der Waals surface area (Å²) in [6.45, 7) is 0.916. The Balaban J connectivity index is 1.58. The first-order chi connectivity index (χ1) is 13.5. The van der Waals surface area contributed by atoms with E-state index in [0.717, 1.165) is 12.8 Å². The van der Waals surface area contributed by atoms with Gasteiger partial charge in [0.05, 0.1) is 11.4 Å². The summed E-state index contributed by atoms with van der Waals surface area (Å²) in [5, 5.41) is 3.41. The molecule has 0 aromatic heterocycles. The number of benzene rings is 2. The third kappa shape index (κ3) is 5.04. The summed E-state index contributed by atoms with van der Waals surface area (Å²) in [5.74, 6) is 0.364. The van der Waals surface area contributed by atoms with Crippen molar-refractivity contribution in [1.29, 1.82) is 0 Å². The highest BCUT2D eigenvalue weighted by molar-refractivity contribution is 7.89. The van der Waals surface area contributed by atoms with Gasteiger partial charge in [-0.25, -0.2) is 8.42 Å². The van der Waals surface area contributed by atoms with Crippen LogP contribution in [0, 0.1) is 0 Å². The minimum absolute atomic E-state index is 0.209. The van der Waals surface area contributed by atoms with Crippen LogP contribution >= 0.6 is 11.6 Å². The summed E-state index contributed by atoms with van der Waals surface area (Å²) in [7, 11) is -3.71. The van der Waals surface area contributed by atoms with Crippen molar-refractivity contribution in [2.24, 2.45) is 0 Å². The van der Waals surface area contributed by atoms with Gasteiger partial charge in [0, 0.05) is 11.6 Å². The van der Waals surface area contributed by atoms with E-state index in [1.54, 1.807) is 54.6 Å². The quantitative estimate of drug-likeness (QED) is 0.696. The summed E-state index contributed by atoms with van der Waals surface area (Å²) in [4.78, 5) is 12.9. The van der Waals surface area contributed by atoms with Crippen LogP contribution in [-0.2, 0) is 14.8 Å². The Hall–Kier alpha value is -2.09. The SMILES string of the molecule is O=C(NCCOc1ccc(Cl)cc1)C1CCCCN1S(=O)(=O)c1ccccc1. The molecular weight excluding hydrogens is 400 g/mol. The highest BCUT2D eigenvalue weighted by atomic mass is 35.5. The zero-order valence-electron chi connectivity index (χ0n) is 15.4. The Kier molecular flexibility index (Phi) is 6.93. The van der Waals surface area contributed by atoms with Crippen molar-refractivity contribution >= 4 is 27.5 Å². The van der Waals surface area contributed by atoms with Gasteiger partial charge in [-0.1, -0.05) is 36.2 Å². The van der Waals surface area contributed by atoms with Crippen LogP contribution < -0.4 is 10.1 Å². The van der Waals surface area contributed by atoms with Crippen molar-refractivity contribution in [3.8, 4) is 5.75 Å². The molecule has 28 heavy (non-hydrogen) atoms. The van der Waals surface area contributed by atoms with E-state index < -0.39 is 16.1 Å². The van der Waals surface area contributed by atoms with Crippen molar-refractivity contribution in [1.82, 2.24) is 9.62 Å². The number of carbonyl (C=O) groups excluding carboxylic acids is 1. The molecule has 0 bridgehead atoms. The summed E-state index contributed by atoms with van der Waals surface area (Å²) in [5.41, 5.74) is 0. The number of halogens is 1. The molecule has 0 spiro atoms. The van der Waals surface area contributed by atoms with Gasteiger partial charge in [0.1, 0.15) is 18.4 Å². The van der Waals surface area contributed by atoms with Crippen molar-refractivity contribution in [3.63, 3.8) is 0 Å². The Labute approximate surface area is 170 Å². The average molecular weight is 423 g/mol. The van der Waals surface area contributed by atoms with Gasteiger partial charge in [-0.2, -0.15) is 4.31 Å². The fourth-order valence-electron chi connectivity index (χ4n) is 3.17. The zero-order chi connectivity index (χ0) is 20.0. The van der Waals surface area contributed by atoms with Gasteiger partial charge in [-0.3, -0.25) is 4.79 Å². The predicted octanol–water partition coefficient (Wildman–Crippen LogP) is 3.08. The van der Waals surface area contributed by atoms with Gasteiger partial charge in [0.25, 0.3) is 0 Å². The second-order valence-corrected chi connectivity index (χ2v) is 8.86. The highest BCUT2D eigenvalue weighted by Gasteiger charge is 2.37. The van der Waals surface area contributed by atoms with Crippen molar-refractivity contribution < 1.29 is 17.9 Å². The molecule has 0 aliphatic carbocycles. The summed E-state index contributed by atoms with van der Waals surface area (Å²) >= 11 is 5.83. The minimum Gasteiger partial charge on any atom is -0.492 e. The van der Waals surface area contributed by atoms with Crippen molar-refractivity contribution in [2.45, 2.75) is 30.2 Å². The fraction of sp³-hybridized carbons (Fsp3) is 0.350. The number of rotatable bonds is 7. The van der Waals surface area contributed by atoms with Crippen LogP contribution in [0.15, 0.2) is 59.5 Å². The number of carbonyl (C=O) groups is 1. The topological polar surface area (TPSA) is 75.7 Å². The first kappa shape index (κ1) is 20.6. The van der Waals surface area contributed by atoms with Crippen LogP contribution in [-0.4, -0.2) is 44.4 Å². The lowest BCUT2D eigenvalue weighted by atomic mass is 10.0. The second-order valence-electron chi connectivity index (χ2n) is 6.53. The van der Waals surface area contributed by atoms with Crippen molar-refractivity contribution in [2.75, 3.05) is 19.7 Å². The third-order valence-corrected chi connectivity index (χ3v) is 6.76. The van der Waals surface area contributed by atoms with E-state index in [1.807, 2.05) is 0 Å². The van der Waals surface area contributed by atoms with E-state index in [9.17, 15) is 13.2 Å². The lowest BCUT2D eigenvalue weighted by molar-refractivity contribution is -0.125. The molecule has 1 saturated heterocycles. The predicted molar refractivity (Wildman–Crippen MR) is 108 cm³/mol. The maximum atomic E-state index is 13.0. The molecule has 1 aliphatic heterocycles. The second kappa shape index (κ2) is 9.41. The number of amides is 1. The van der Waals surface area contributed by atoms with E-state index in [1.165, 1.54) is 4.31 Å². The smallest absolute Gasteiger partial charge is 0.243 e. The molecule has 0 radical (unpaired) electrons. The number of hydrogen-bond acceptors (Lipinski definition) is 4. The molecule has 1 atom stereocenters. The van der Waals surface area contributed by atoms with E-state index in [0.29, 0.717) is 23.7 Å². The first-order valence-corrected chi connectivity index (χ1v) is 11.0. The van der Waals surface area contributed by atoms with Gasteiger partial charge >= 0.3 is 0 Å². The van der Waals surface area contributed by atoms with Gasteiger partial charge in [0.2, 0.25) is 15.9 Å². The minimum atomic E-state index is -3.71. The molecule has 1 unspecified atom stereocenters. The molecule has 1 aliphatic rings. The normalized spacial score (nSPS) is 17.8. The van der Waals surface area contributed by atoms with Gasteiger partial charge in [-0.05, 0) is 49.2 Å². The number of ether oxygens (including phenoxy) is 1. The molecule has 2 aromatic carbocycles. The summed E-state index contributed by atoms with van der Waals surface area (Å²) in [6.07, 6.45) is 2.08. The largest absolute Gasteiger partial charge is 0.492 e. The van der Waals surface area contributed by atoms with Crippen LogP contribution in [0.4, 0.5) is 0 Å². The molecule has 0 saturated carbocycles. The van der Waals surface area contributed by atoms with Gasteiger partial charge < -0.3 is 10.1 Å². The Morgan fingerprint density at radius 1 is 1.11 bits per heavy atom. The molecule has 150 valence electrons. The Morgan fingerprint density at radius 3 is 2.54 bits per heavy atom. The zero-order valence-corrected chi connectivity index (χ0v) is 17.0. The van der Waals surface area contributed by atoms with Crippen LogP contribution in [0.1, 0.15) is 19.3 Å². The maximum Gasteiger partial charge on any atom is 0.243 e. The van der Waals surface area contributed by atoms with E-state index in [4.69, 9.17) is 16.3 Å². The third-order valence-electron chi connectivity index (χ3n) is 4.59. The first-order valence-electron chi connectivity index (χ1n) is 9.21. The van der Waals surface area contributed by atoms with Crippen LogP contribution in [0.5, 0.6) is 5.75 Å². The number of nitrogens with one attached hydrogen (secondary N) is 1. The van der Waals surface area contributed by atoms with Crippen molar-refractivity contribution in [3.05, 3.63) is 59.6 Å². The van der Waals surface area contributed by atoms with E-state index in [2.05, 4.69) is 5.32 Å². The van der Waals surface area contributed by atoms with E-state index >= 15 is 0 Å². The van der Waals surface area contributed by atoms with Crippen LogP contribution in [0.25, 0.3) is 0 Å². The van der Waals surface area contributed by atoms with Crippen LogP contribution in [0.2, 0.25) is 5.02 Å². The molecule has 3 rings (SSSR count). The Bertz CT molecular complexity index is 888. The van der Waals surface area contributed by atoms with Gasteiger partial charge in [0.15, 0.2) is 0 Å². The summed E-state index contributed by atoms with van der Waals surface area (Å²) in [6, 6.07) is 14.5. The molecule has 1 fully saturated rings. The van der Waals surface area contributed by atoms with Crippen LogP contribution in [0.3, 0.4) is 0 Å². The maximum absolute atomic E-state index is 13.0. The molecule has 1 N–H and O–H groups in total. The van der Waals surface area contributed by atoms with E-state index in [-0.39, 0.29) is 24.0 Å². The number of piperidine rings is 1. The molecule has 2 aromatic rings. The number of nitrogens with zero attached hydrogens (tertiary/aromatic N) is 1. The highest BCUT2D eigenvalue weighted by Crippen LogP contribution is 2.25. The Morgan fingerprint density at radius 2 is 1.82 bits per heavy atom. The monoisotopic (exact) mass is 422 g/mol. The summed E-state index contributed by atoms with van der Waals surface area (Å²) < 4.78 is 32.8. The van der Waals surface area contributed by atoms with Gasteiger partial charge in [-0.15, -0.1) is 0 Å². The lowest BCUT2D eigenvalue weighted by Crippen LogP contribution is -2.52. The number of hydrogen-bond donors (Lipinski definition) is 1. The standard InChI is InChI=1S/C20H23ClN2O4S/c21-16-9-11-17(12-10-16)27-15-13-22-20(24)19-8-4-5-14-23(19)28(25,26)18-6-2-1-3-7-18/h1-3,6-7,9-12,19H,4-5,8,13-15H2,(H,22,24). The lowest BCUT2D eigenvalue weighted by Gasteiger charge is -2.33. The molecule has 6 nitrogen and oxygen atoms in total. The molecule has 1 heterocycles. The average Bonchev–Trinajstić information content (AvgIpc) is 2.73. The number of sulfonamides is 1. The molecular formula is C20H23ClN2O4S. The fourth-order valence-corrected chi connectivity index (χ4v) is 4.98. The molecule has 8 heteroatoms.